The van der Waals surface area contributed by atoms with E-state index in [9.17, 15) is 9.59 Å². The Kier molecular flexibility index (Phi) is 6.48. The Morgan fingerprint density at radius 1 is 1.25 bits per heavy atom. The van der Waals surface area contributed by atoms with Crippen LogP contribution in [0.1, 0.15) is 19.6 Å². The van der Waals surface area contributed by atoms with E-state index in [4.69, 9.17) is 9.15 Å². The van der Waals surface area contributed by atoms with Crippen molar-refractivity contribution >= 4 is 44.2 Å². The molecular weight excluding hydrogens is 446 g/mol. The number of ether oxygens (including phenoxy) is 1. The van der Waals surface area contributed by atoms with E-state index in [1.54, 1.807) is 36.6 Å². The van der Waals surface area contributed by atoms with Crippen molar-refractivity contribution in [1.82, 2.24) is 10.3 Å². The molecule has 0 aliphatic rings. The molecule has 0 spiro atoms. The lowest BCUT2D eigenvalue weighted by atomic mass is 10.3. The van der Waals surface area contributed by atoms with Crippen LogP contribution in [0.15, 0.2) is 50.7 Å². The van der Waals surface area contributed by atoms with E-state index in [0.717, 1.165) is 4.47 Å². The molecule has 3 rings (SSSR count). The molecule has 2 heterocycles. The van der Waals surface area contributed by atoms with Crippen LogP contribution >= 0.6 is 27.3 Å². The average molecular weight is 464 g/mol. The van der Waals surface area contributed by atoms with Crippen molar-refractivity contribution in [3.05, 3.63) is 52.0 Å². The van der Waals surface area contributed by atoms with Gasteiger partial charge in [-0.05, 0) is 43.3 Å². The summed E-state index contributed by atoms with van der Waals surface area (Å²) in [6.07, 6.45) is -0.679. The zero-order valence-corrected chi connectivity index (χ0v) is 17.6. The molecule has 7 nitrogen and oxygen atoms in total. The molecule has 0 aliphatic carbocycles. The van der Waals surface area contributed by atoms with Gasteiger partial charge in [0, 0.05) is 16.8 Å². The third kappa shape index (κ3) is 5.43. The van der Waals surface area contributed by atoms with Crippen molar-refractivity contribution < 1.29 is 18.7 Å². The molecule has 28 heavy (non-hydrogen) atoms. The summed E-state index contributed by atoms with van der Waals surface area (Å²) in [6.45, 7) is 3.43. The molecule has 146 valence electrons. The number of rotatable bonds is 7. The third-order valence-corrected chi connectivity index (χ3v) is 4.94. The summed E-state index contributed by atoms with van der Waals surface area (Å²) < 4.78 is 12.2. The van der Waals surface area contributed by atoms with Gasteiger partial charge in [-0.1, -0.05) is 15.9 Å². The first-order valence-electron chi connectivity index (χ1n) is 8.43. The van der Waals surface area contributed by atoms with Crippen LogP contribution < -0.4 is 15.4 Å². The molecule has 0 radical (unpaired) electrons. The number of hydrogen-bond acceptors (Lipinski definition) is 6. The van der Waals surface area contributed by atoms with Gasteiger partial charge in [0.25, 0.3) is 5.91 Å². The van der Waals surface area contributed by atoms with Gasteiger partial charge in [-0.25, -0.2) is 4.98 Å². The van der Waals surface area contributed by atoms with Crippen molar-refractivity contribution in [1.29, 1.82) is 0 Å². The summed E-state index contributed by atoms with van der Waals surface area (Å²) in [5, 5.41) is 7.65. The fourth-order valence-electron chi connectivity index (χ4n) is 2.24. The molecule has 9 heteroatoms. The van der Waals surface area contributed by atoms with Gasteiger partial charge in [-0.2, -0.15) is 0 Å². The SMILES string of the molecule is CC(=O)NCc1ccc(-c2csc(NC(=O)C(C)Oc3ccc(Br)cc3)n2)o1. The molecule has 0 saturated heterocycles. The van der Waals surface area contributed by atoms with Crippen LogP contribution in [0.4, 0.5) is 5.13 Å². The van der Waals surface area contributed by atoms with Gasteiger partial charge in [-0.3, -0.25) is 14.9 Å². The van der Waals surface area contributed by atoms with E-state index in [1.807, 2.05) is 12.1 Å². The lowest BCUT2D eigenvalue weighted by Crippen LogP contribution is -2.30. The Morgan fingerprint density at radius 2 is 2.00 bits per heavy atom. The fourth-order valence-corrected chi connectivity index (χ4v) is 3.21. The first-order chi connectivity index (χ1) is 13.4. The number of carbonyl (C=O) groups is 2. The topological polar surface area (TPSA) is 93.5 Å². The van der Waals surface area contributed by atoms with Crippen LogP contribution in [0.3, 0.4) is 0 Å². The van der Waals surface area contributed by atoms with Crippen LogP contribution in [-0.4, -0.2) is 22.9 Å². The Balaban J connectivity index is 1.58. The maximum Gasteiger partial charge on any atom is 0.266 e. The fraction of sp³-hybridized carbons (Fsp3) is 0.211. The van der Waals surface area contributed by atoms with Gasteiger partial charge in [0.05, 0.1) is 6.54 Å². The summed E-state index contributed by atoms with van der Waals surface area (Å²) in [5.41, 5.74) is 0.607. The molecule has 0 bridgehead atoms. The molecule has 2 N–H and O–H groups in total. The molecule has 3 aromatic rings. The molecule has 1 atom stereocenters. The Hall–Kier alpha value is -2.65. The number of nitrogens with one attached hydrogen (secondary N) is 2. The van der Waals surface area contributed by atoms with Crippen molar-refractivity contribution in [2.24, 2.45) is 0 Å². The summed E-state index contributed by atoms with van der Waals surface area (Å²) >= 11 is 4.65. The number of anilines is 1. The van der Waals surface area contributed by atoms with Crippen LogP contribution in [0.5, 0.6) is 5.75 Å². The van der Waals surface area contributed by atoms with Crippen LogP contribution in [0.25, 0.3) is 11.5 Å². The molecular formula is C19H18BrN3O4S. The maximum absolute atomic E-state index is 12.3. The Bertz CT molecular complexity index is 968. The highest BCUT2D eigenvalue weighted by atomic mass is 79.9. The summed E-state index contributed by atoms with van der Waals surface area (Å²) in [7, 11) is 0. The number of aromatic nitrogens is 1. The second-order valence-corrected chi connectivity index (χ2v) is 7.69. The lowest BCUT2D eigenvalue weighted by molar-refractivity contribution is -0.122. The van der Waals surface area contributed by atoms with Crippen LogP contribution in [0.2, 0.25) is 0 Å². The number of benzene rings is 1. The minimum Gasteiger partial charge on any atom is -0.481 e. The predicted octanol–water partition coefficient (Wildman–Crippen LogP) is 4.21. The Morgan fingerprint density at radius 3 is 2.71 bits per heavy atom. The highest BCUT2D eigenvalue weighted by molar-refractivity contribution is 9.10. The molecule has 1 unspecified atom stereocenters. The molecule has 2 aromatic heterocycles. The number of furan rings is 1. The van der Waals surface area contributed by atoms with Gasteiger partial charge in [0.2, 0.25) is 5.91 Å². The minimum absolute atomic E-state index is 0.129. The van der Waals surface area contributed by atoms with E-state index < -0.39 is 6.10 Å². The van der Waals surface area contributed by atoms with Crippen LogP contribution in [-0.2, 0) is 16.1 Å². The van der Waals surface area contributed by atoms with Gasteiger partial charge < -0.3 is 14.5 Å². The highest BCUT2D eigenvalue weighted by Gasteiger charge is 2.17. The van der Waals surface area contributed by atoms with Gasteiger partial charge in [0.1, 0.15) is 17.2 Å². The monoisotopic (exact) mass is 463 g/mol. The first kappa shape index (κ1) is 20.1. The van der Waals surface area contributed by atoms with Crippen molar-refractivity contribution in [2.75, 3.05) is 5.32 Å². The van der Waals surface area contributed by atoms with E-state index >= 15 is 0 Å². The number of nitrogens with zero attached hydrogens (tertiary/aromatic N) is 1. The second kappa shape index (κ2) is 9.03. The lowest BCUT2D eigenvalue weighted by Gasteiger charge is -2.13. The summed E-state index contributed by atoms with van der Waals surface area (Å²) in [4.78, 5) is 27.7. The van der Waals surface area contributed by atoms with E-state index in [-0.39, 0.29) is 11.8 Å². The van der Waals surface area contributed by atoms with E-state index in [1.165, 1.54) is 18.3 Å². The van der Waals surface area contributed by atoms with Gasteiger partial charge in [0.15, 0.2) is 17.0 Å². The normalized spacial score (nSPS) is 11.7. The number of hydrogen-bond donors (Lipinski definition) is 2. The molecule has 0 fully saturated rings. The standard InChI is InChI=1S/C19H18BrN3O4S/c1-11(26-14-5-3-13(20)4-6-14)18(25)23-19-22-16(10-28-19)17-8-7-15(27-17)9-21-12(2)24/h3-8,10-11H,9H2,1-2H3,(H,21,24)(H,22,23,25). The van der Waals surface area contributed by atoms with E-state index in [0.29, 0.717) is 34.6 Å². The largest absolute Gasteiger partial charge is 0.481 e. The first-order valence-corrected chi connectivity index (χ1v) is 10.1. The van der Waals surface area contributed by atoms with Gasteiger partial charge in [-0.15, -0.1) is 11.3 Å². The third-order valence-electron chi connectivity index (χ3n) is 3.66. The number of amides is 2. The number of carbonyl (C=O) groups excluding carboxylic acids is 2. The van der Waals surface area contributed by atoms with Crippen molar-refractivity contribution in [2.45, 2.75) is 26.5 Å². The molecule has 0 aliphatic heterocycles. The Labute approximate surface area is 174 Å². The van der Waals surface area contributed by atoms with Crippen molar-refractivity contribution in [3.63, 3.8) is 0 Å². The molecule has 1 aromatic carbocycles. The maximum atomic E-state index is 12.3. The zero-order valence-electron chi connectivity index (χ0n) is 15.2. The predicted molar refractivity (Wildman–Crippen MR) is 110 cm³/mol. The highest BCUT2D eigenvalue weighted by Crippen LogP contribution is 2.27. The molecule has 0 saturated carbocycles. The minimum atomic E-state index is -0.679. The van der Waals surface area contributed by atoms with Gasteiger partial charge >= 0.3 is 0 Å². The zero-order chi connectivity index (χ0) is 20.1. The van der Waals surface area contributed by atoms with Crippen molar-refractivity contribution in [3.8, 4) is 17.2 Å². The smallest absolute Gasteiger partial charge is 0.266 e. The van der Waals surface area contributed by atoms with Crippen LogP contribution in [0, 0.1) is 0 Å². The second-order valence-electron chi connectivity index (χ2n) is 5.92. The number of halogens is 1. The quantitative estimate of drug-likeness (QED) is 0.547. The summed E-state index contributed by atoms with van der Waals surface area (Å²) in [5.74, 6) is 1.37. The number of thiazole rings is 1. The molecule has 2 amide bonds. The average Bonchev–Trinajstić information content (AvgIpc) is 3.31. The van der Waals surface area contributed by atoms with E-state index in [2.05, 4.69) is 31.5 Å². The summed E-state index contributed by atoms with van der Waals surface area (Å²) in [6, 6.07) is 10.8.